The predicted octanol–water partition coefficient (Wildman–Crippen LogP) is 2.23. The molecule has 0 fully saturated rings. The van der Waals surface area contributed by atoms with Gasteiger partial charge in [0.2, 0.25) is 5.09 Å². The van der Waals surface area contributed by atoms with Crippen LogP contribution in [0, 0.1) is 0 Å². The maximum absolute atomic E-state index is 11.1. The van der Waals surface area contributed by atoms with Crippen LogP contribution in [0.5, 0.6) is 0 Å². The van der Waals surface area contributed by atoms with Crippen LogP contribution in [0.4, 0.5) is 0 Å². The first-order chi connectivity index (χ1) is 9.00. The zero-order valence-corrected chi connectivity index (χ0v) is 12.1. The van der Waals surface area contributed by atoms with Gasteiger partial charge in [-0.2, -0.15) is 0 Å². The Balaban J connectivity index is 2.00. The van der Waals surface area contributed by atoms with Crippen molar-refractivity contribution in [2.75, 3.05) is 0 Å². The van der Waals surface area contributed by atoms with Crippen molar-refractivity contribution in [1.29, 1.82) is 0 Å². The Morgan fingerprint density at radius 2 is 2.21 bits per heavy atom. The third-order valence-corrected chi connectivity index (χ3v) is 4.50. The van der Waals surface area contributed by atoms with E-state index in [1.807, 2.05) is 11.4 Å². The van der Waals surface area contributed by atoms with Gasteiger partial charge in [-0.05, 0) is 30.0 Å². The van der Waals surface area contributed by atoms with Crippen LogP contribution in [-0.4, -0.2) is 8.42 Å². The normalized spacial score (nSPS) is 13.6. The molecule has 5 nitrogen and oxygen atoms in total. The first kappa shape index (κ1) is 14.3. The minimum Gasteiger partial charge on any atom is -0.447 e. The minimum atomic E-state index is -3.76. The van der Waals surface area contributed by atoms with E-state index in [9.17, 15) is 8.42 Å². The number of sulfonamides is 1. The summed E-state index contributed by atoms with van der Waals surface area (Å²) >= 11 is 1.69. The van der Waals surface area contributed by atoms with E-state index in [0.29, 0.717) is 12.3 Å². The van der Waals surface area contributed by atoms with Crippen molar-refractivity contribution >= 4 is 21.4 Å². The molecule has 104 valence electrons. The first-order valence-electron chi connectivity index (χ1n) is 5.89. The van der Waals surface area contributed by atoms with Crippen molar-refractivity contribution in [3.8, 4) is 0 Å². The van der Waals surface area contributed by atoms with Crippen LogP contribution in [0.3, 0.4) is 0 Å². The highest BCUT2D eigenvalue weighted by molar-refractivity contribution is 7.89. The Labute approximate surface area is 116 Å². The van der Waals surface area contributed by atoms with Gasteiger partial charge in [0.25, 0.3) is 10.0 Å². The second-order valence-corrected chi connectivity index (χ2v) is 6.59. The van der Waals surface area contributed by atoms with Crippen LogP contribution >= 0.6 is 11.3 Å². The van der Waals surface area contributed by atoms with E-state index in [0.717, 1.165) is 6.42 Å². The fraction of sp³-hybridized carbons (Fsp3) is 0.333. The van der Waals surface area contributed by atoms with Crippen molar-refractivity contribution in [2.24, 2.45) is 5.14 Å². The van der Waals surface area contributed by atoms with Crippen LogP contribution < -0.4 is 10.5 Å². The summed E-state index contributed by atoms with van der Waals surface area (Å²) in [4.78, 5) is 1.25. The van der Waals surface area contributed by atoms with Crippen molar-refractivity contribution in [3.05, 3.63) is 40.3 Å². The molecule has 0 aliphatic carbocycles. The van der Waals surface area contributed by atoms with Gasteiger partial charge < -0.3 is 9.73 Å². The summed E-state index contributed by atoms with van der Waals surface area (Å²) in [6.45, 7) is 2.56. The van der Waals surface area contributed by atoms with Gasteiger partial charge in [-0.25, -0.2) is 13.6 Å². The zero-order valence-electron chi connectivity index (χ0n) is 10.5. The smallest absolute Gasteiger partial charge is 0.271 e. The highest BCUT2D eigenvalue weighted by Crippen LogP contribution is 2.22. The Morgan fingerprint density at radius 1 is 1.42 bits per heavy atom. The van der Waals surface area contributed by atoms with E-state index in [-0.39, 0.29) is 11.1 Å². The van der Waals surface area contributed by atoms with Gasteiger partial charge in [0, 0.05) is 10.9 Å². The Bertz CT molecular complexity index is 617. The lowest BCUT2D eigenvalue weighted by atomic mass is 10.2. The van der Waals surface area contributed by atoms with Crippen molar-refractivity contribution in [1.82, 2.24) is 5.32 Å². The molecule has 2 aromatic heterocycles. The Kier molecular flexibility index (Phi) is 4.41. The molecule has 0 aliphatic heterocycles. The predicted molar refractivity (Wildman–Crippen MR) is 74.3 cm³/mol. The van der Waals surface area contributed by atoms with Crippen LogP contribution in [0.2, 0.25) is 0 Å². The summed E-state index contributed by atoms with van der Waals surface area (Å²) in [6, 6.07) is 7.31. The number of rotatable bonds is 6. The van der Waals surface area contributed by atoms with E-state index in [1.165, 1.54) is 10.9 Å². The van der Waals surface area contributed by atoms with E-state index >= 15 is 0 Å². The quantitative estimate of drug-likeness (QED) is 0.856. The molecule has 0 bridgehead atoms. The summed E-state index contributed by atoms with van der Waals surface area (Å²) in [7, 11) is -3.76. The summed E-state index contributed by atoms with van der Waals surface area (Å²) in [5.74, 6) is 0.555. The lowest BCUT2D eigenvalue weighted by Crippen LogP contribution is -2.19. The van der Waals surface area contributed by atoms with E-state index in [4.69, 9.17) is 9.56 Å². The number of hydrogen-bond acceptors (Lipinski definition) is 5. The van der Waals surface area contributed by atoms with Crippen LogP contribution in [-0.2, 0) is 16.6 Å². The Hall–Kier alpha value is -1.15. The van der Waals surface area contributed by atoms with E-state index in [1.54, 1.807) is 17.4 Å². The van der Waals surface area contributed by atoms with E-state index in [2.05, 4.69) is 18.3 Å². The topological polar surface area (TPSA) is 85.3 Å². The fourth-order valence-corrected chi connectivity index (χ4v) is 3.13. The van der Waals surface area contributed by atoms with Gasteiger partial charge in [0.05, 0.1) is 6.54 Å². The molecule has 19 heavy (non-hydrogen) atoms. The Morgan fingerprint density at radius 3 is 2.74 bits per heavy atom. The van der Waals surface area contributed by atoms with Crippen molar-refractivity contribution in [3.63, 3.8) is 0 Å². The molecule has 0 radical (unpaired) electrons. The van der Waals surface area contributed by atoms with Crippen LogP contribution in [0.25, 0.3) is 0 Å². The molecule has 7 heteroatoms. The fourth-order valence-electron chi connectivity index (χ4n) is 1.77. The maximum Gasteiger partial charge on any atom is 0.271 e. The average Bonchev–Trinajstić information content (AvgIpc) is 2.99. The maximum atomic E-state index is 11.1. The van der Waals surface area contributed by atoms with Gasteiger partial charge >= 0.3 is 0 Å². The molecule has 0 saturated heterocycles. The molecule has 0 aromatic carbocycles. The average molecular weight is 300 g/mol. The molecule has 0 aliphatic rings. The second-order valence-electron chi connectivity index (χ2n) is 4.12. The molecule has 0 amide bonds. The summed E-state index contributed by atoms with van der Waals surface area (Å²) in [5.41, 5.74) is 0. The van der Waals surface area contributed by atoms with Gasteiger partial charge in [-0.3, -0.25) is 0 Å². The first-order valence-corrected chi connectivity index (χ1v) is 8.31. The van der Waals surface area contributed by atoms with E-state index < -0.39 is 10.0 Å². The number of furan rings is 1. The molecule has 1 unspecified atom stereocenters. The number of thiophene rings is 1. The molecule has 0 spiro atoms. The highest BCUT2D eigenvalue weighted by Gasteiger charge is 2.14. The SMILES string of the molecule is CCC(NCc1ccc(S(N)(=O)=O)o1)c1cccs1. The highest BCUT2D eigenvalue weighted by atomic mass is 32.2. The lowest BCUT2D eigenvalue weighted by Gasteiger charge is -2.14. The molecule has 2 heterocycles. The lowest BCUT2D eigenvalue weighted by molar-refractivity contribution is 0.388. The van der Waals surface area contributed by atoms with Gasteiger partial charge in [0.1, 0.15) is 5.76 Å². The molecular formula is C12H16N2O3S2. The van der Waals surface area contributed by atoms with Gasteiger partial charge in [0.15, 0.2) is 0 Å². The molecule has 3 N–H and O–H groups in total. The standard InChI is InChI=1S/C12H16N2O3S2/c1-2-10(11-4-3-7-18-11)14-8-9-5-6-12(17-9)19(13,15)16/h3-7,10,14H,2,8H2,1H3,(H2,13,15,16). The van der Waals surface area contributed by atoms with Gasteiger partial charge in [-0.15, -0.1) is 11.3 Å². The van der Waals surface area contributed by atoms with Crippen molar-refractivity contribution < 1.29 is 12.8 Å². The molecule has 0 saturated carbocycles. The molecule has 2 aromatic rings. The third-order valence-electron chi connectivity index (χ3n) is 2.73. The number of nitrogens with two attached hydrogens (primary N) is 1. The number of hydrogen-bond donors (Lipinski definition) is 2. The number of nitrogens with one attached hydrogen (secondary N) is 1. The number of primary sulfonamides is 1. The molecule has 1 atom stereocenters. The second kappa shape index (κ2) is 5.87. The zero-order chi connectivity index (χ0) is 13.9. The molecule has 2 rings (SSSR count). The summed E-state index contributed by atoms with van der Waals surface area (Å²) < 4.78 is 27.4. The summed E-state index contributed by atoms with van der Waals surface area (Å²) in [5, 5.41) is 10.2. The largest absolute Gasteiger partial charge is 0.447 e. The monoisotopic (exact) mass is 300 g/mol. The molecular weight excluding hydrogens is 284 g/mol. The minimum absolute atomic E-state index is 0.200. The van der Waals surface area contributed by atoms with Crippen LogP contribution in [0.1, 0.15) is 30.0 Å². The summed E-state index contributed by atoms with van der Waals surface area (Å²) in [6.07, 6.45) is 0.948. The third kappa shape index (κ3) is 3.66. The van der Waals surface area contributed by atoms with Gasteiger partial charge in [-0.1, -0.05) is 13.0 Å². The van der Waals surface area contributed by atoms with Crippen molar-refractivity contribution in [2.45, 2.75) is 31.0 Å². The van der Waals surface area contributed by atoms with Crippen LogP contribution in [0.15, 0.2) is 39.2 Å².